The molecular formula is C12H11IN2O2S. The molecule has 0 aliphatic heterocycles. The molecule has 2 rings (SSSR count). The minimum Gasteiger partial charge on any atom is -0.465 e. The first-order chi connectivity index (χ1) is 8.70. The maximum Gasteiger partial charge on any atom is 0.337 e. The van der Waals surface area contributed by atoms with Crippen molar-refractivity contribution in [1.29, 1.82) is 0 Å². The largest absolute Gasteiger partial charge is 0.465 e. The number of methoxy groups -OCH3 is 1. The molecular weight excluding hydrogens is 363 g/mol. The van der Waals surface area contributed by atoms with E-state index in [0.29, 0.717) is 5.56 Å². The van der Waals surface area contributed by atoms with Crippen molar-refractivity contribution >= 4 is 40.3 Å². The molecule has 0 bridgehead atoms. The summed E-state index contributed by atoms with van der Waals surface area (Å²) in [6.07, 6.45) is 1.81. The highest BCUT2D eigenvalue weighted by Gasteiger charge is 2.09. The molecule has 6 heteroatoms. The number of nitrogens with one attached hydrogen (secondary N) is 1. The van der Waals surface area contributed by atoms with Gasteiger partial charge in [0.1, 0.15) is 0 Å². The lowest BCUT2D eigenvalue weighted by Gasteiger charge is -2.05. The fraction of sp³-hybridized carbons (Fsp3) is 0.167. The lowest BCUT2D eigenvalue weighted by Crippen LogP contribution is -2.01. The van der Waals surface area contributed by atoms with Gasteiger partial charge in [-0.2, -0.15) is 5.10 Å². The predicted octanol–water partition coefficient (Wildman–Crippen LogP) is 3.09. The molecule has 18 heavy (non-hydrogen) atoms. The zero-order chi connectivity index (χ0) is 13.0. The number of carbonyl (C=O) groups excluding carboxylic acids is 1. The van der Waals surface area contributed by atoms with E-state index in [2.05, 4.69) is 37.5 Å². The number of thioether (sulfide) groups is 1. The Morgan fingerprint density at radius 3 is 2.94 bits per heavy atom. The Morgan fingerprint density at radius 2 is 2.33 bits per heavy atom. The predicted molar refractivity (Wildman–Crippen MR) is 78.6 cm³/mol. The van der Waals surface area contributed by atoms with Crippen LogP contribution in [0.3, 0.4) is 0 Å². The standard InChI is InChI=1S/C12H11IN2O2S/c1-17-12(16)8-2-3-11(10(13)6-8)18-7-9-4-5-14-15-9/h2-6H,7H2,1H3,(H,14,15). The molecule has 0 saturated heterocycles. The second-order valence-electron chi connectivity index (χ2n) is 3.49. The molecule has 1 heterocycles. The van der Waals surface area contributed by atoms with Crippen molar-refractivity contribution in [3.63, 3.8) is 0 Å². The number of benzene rings is 1. The van der Waals surface area contributed by atoms with E-state index >= 15 is 0 Å². The van der Waals surface area contributed by atoms with Gasteiger partial charge in [-0.15, -0.1) is 11.8 Å². The van der Waals surface area contributed by atoms with Crippen molar-refractivity contribution in [1.82, 2.24) is 10.2 Å². The van der Waals surface area contributed by atoms with Crippen LogP contribution in [-0.4, -0.2) is 23.3 Å². The molecule has 0 radical (unpaired) electrons. The fourth-order valence-corrected chi connectivity index (χ4v) is 3.19. The normalized spacial score (nSPS) is 10.3. The van der Waals surface area contributed by atoms with Crippen LogP contribution < -0.4 is 0 Å². The van der Waals surface area contributed by atoms with Gasteiger partial charge in [-0.05, 0) is 46.9 Å². The Morgan fingerprint density at radius 1 is 1.50 bits per heavy atom. The van der Waals surface area contributed by atoms with Crippen molar-refractivity contribution in [2.75, 3.05) is 7.11 Å². The Balaban J connectivity index is 2.08. The van der Waals surface area contributed by atoms with Crippen LogP contribution in [0.2, 0.25) is 0 Å². The van der Waals surface area contributed by atoms with Gasteiger partial charge in [0.25, 0.3) is 0 Å². The zero-order valence-corrected chi connectivity index (χ0v) is 12.6. The highest BCUT2D eigenvalue weighted by molar-refractivity contribution is 14.1. The van der Waals surface area contributed by atoms with Crippen LogP contribution in [0.5, 0.6) is 0 Å². The van der Waals surface area contributed by atoms with E-state index in [0.717, 1.165) is 19.9 Å². The summed E-state index contributed by atoms with van der Waals surface area (Å²) in [5.74, 6) is 0.494. The maximum atomic E-state index is 11.4. The third-order valence-electron chi connectivity index (χ3n) is 2.29. The van der Waals surface area contributed by atoms with E-state index in [9.17, 15) is 4.79 Å². The van der Waals surface area contributed by atoms with Crippen LogP contribution in [0, 0.1) is 3.57 Å². The number of rotatable bonds is 4. The van der Waals surface area contributed by atoms with Crippen LogP contribution in [0.1, 0.15) is 16.1 Å². The summed E-state index contributed by atoms with van der Waals surface area (Å²) >= 11 is 3.91. The number of aromatic amines is 1. The average molecular weight is 374 g/mol. The van der Waals surface area contributed by atoms with Crippen LogP contribution in [0.4, 0.5) is 0 Å². The van der Waals surface area contributed by atoms with Gasteiger partial charge in [-0.3, -0.25) is 5.10 Å². The van der Waals surface area contributed by atoms with E-state index in [-0.39, 0.29) is 5.97 Å². The number of halogens is 1. The number of aromatic nitrogens is 2. The van der Waals surface area contributed by atoms with E-state index in [4.69, 9.17) is 0 Å². The molecule has 1 aromatic carbocycles. The summed E-state index contributed by atoms with van der Waals surface area (Å²) in [7, 11) is 1.38. The number of hydrogen-bond donors (Lipinski definition) is 1. The Bertz CT molecular complexity index is 543. The topological polar surface area (TPSA) is 55.0 Å². The summed E-state index contributed by atoms with van der Waals surface area (Å²) in [4.78, 5) is 12.5. The Labute approximate surface area is 123 Å². The van der Waals surface area contributed by atoms with Crippen molar-refractivity contribution < 1.29 is 9.53 Å². The summed E-state index contributed by atoms with van der Waals surface area (Å²) in [6.45, 7) is 0. The average Bonchev–Trinajstić information content (AvgIpc) is 2.89. The molecule has 0 aliphatic carbocycles. The number of carbonyl (C=O) groups is 1. The first-order valence-electron chi connectivity index (χ1n) is 5.20. The number of H-pyrrole nitrogens is 1. The molecule has 0 amide bonds. The highest BCUT2D eigenvalue weighted by atomic mass is 127. The molecule has 1 aromatic heterocycles. The van der Waals surface area contributed by atoms with Crippen LogP contribution >= 0.6 is 34.4 Å². The number of ether oxygens (including phenoxy) is 1. The first-order valence-corrected chi connectivity index (χ1v) is 7.26. The molecule has 4 nitrogen and oxygen atoms in total. The second kappa shape index (κ2) is 6.24. The third-order valence-corrected chi connectivity index (χ3v) is 4.65. The SMILES string of the molecule is COC(=O)c1ccc(SCc2cc[nH]n2)c(I)c1. The molecule has 1 N–H and O–H groups in total. The molecule has 0 atom stereocenters. The number of esters is 1. The molecule has 0 fully saturated rings. The fourth-order valence-electron chi connectivity index (χ4n) is 1.39. The Hall–Kier alpha value is -1.02. The van der Waals surface area contributed by atoms with Crippen molar-refractivity contribution in [2.24, 2.45) is 0 Å². The van der Waals surface area contributed by atoms with Gasteiger partial charge in [0.05, 0.1) is 18.4 Å². The molecule has 94 valence electrons. The smallest absolute Gasteiger partial charge is 0.337 e. The van der Waals surface area contributed by atoms with Crippen LogP contribution in [0.25, 0.3) is 0 Å². The van der Waals surface area contributed by atoms with Gasteiger partial charge in [-0.1, -0.05) is 0 Å². The first kappa shape index (κ1) is 13.4. The van der Waals surface area contributed by atoms with Gasteiger partial charge >= 0.3 is 5.97 Å². The van der Waals surface area contributed by atoms with Gasteiger partial charge < -0.3 is 4.74 Å². The van der Waals surface area contributed by atoms with Crippen LogP contribution in [0.15, 0.2) is 35.4 Å². The summed E-state index contributed by atoms with van der Waals surface area (Å²) in [5.41, 5.74) is 1.58. The lowest BCUT2D eigenvalue weighted by molar-refractivity contribution is 0.0600. The maximum absolute atomic E-state index is 11.4. The molecule has 2 aromatic rings. The number of hydrogen-bond acceptors (Lipinski definition) is 4. The summed E-state index contributed by atoms with van der Waals surface area (Å²) in [5, 5.41) is 6.88. The lowest BCUT2D eigenvalue weighted by atomic mass is 10.2. The van der Waals surface area contributed by atoms with Gasteiger partial charge in [0, 0.05) is 20.4 Å². The molecule has 0 saturated carbocycles. The van der Waals surface area contributed by atoms with E-state index < -0.39 is 0 Å². The minimum absolute atomic E-state index is 0.309. The van der Waals surface area contributed by atoms with Gasteiger partial charge in [0.2, 0.25) is 0 Å². The van der Waals surface area contributed by atoms with Crippen molar-refractivity contribution in [3.05, 3.63) is 45.3 Å². The monoisotopic (exact) mass is 374 g/mol. The van der Waals surface area contributed by atoms with Crippen molar-refractivity contribution in [2.45, 2.75) is 10.6 Å². The summed E-state index contributed by atoms with van der Waals surface area (Å²) in [6, 6.07) is 7.49. The molecule has 0 aliphatic rings. The van der Waals surface area contributed by atoms with Crippen molar-refractivity contribution in [3.8, 4) is 0 Å². The summed E-state index contributed by atoms with van der Waals surface area (Å²) < 4.78 is 5.72. The van der Waals surface area contributed by atoms with Crippen LogP contribution in [-0.2, 0) is 10.5 Å². The molecule has 0 spiro atoms. The molecule has 0 unspecified atom stereocenters. The zero-order valence-electron chi connectivity index (χ0n) is 9.64. The van der Waals surface area contributed by atoms with Gasteiger partial charge in [0.15, 0.2) is 0 Å². The third kappa shape index (κ3) is 3.26. The quantitative estimate of drug-likeness (QED) is 0.508. The van der Waals surface area contributed by atoms with Gasteiger partial charge in [-0.25, -0.2) is 4.79 Å². The highest BCUT2D eigenvalue weighted by Crippen LogP contribution is 2.27. The minimum atomic E-state index is -0.309. The van der Waals surface area contributed by atoms with E-state index in [1.807, 2.05) is 18.2 Å². The van der Waals surface area contributed by atoms with E-state index in [1.165, 1.54) is 7.11 Å². The number of nitrogens with zero attached hydrogens (tertiary/aromatic N) is 1. The Kier molecular flexibility index (Phi) is 4.65. The second-order valence-corrected chi connectivity index (χ2v) is 5.67. The van der Waals surface area contributed by atoms with E-state index in [1.54, 1.807) is 24.0 Å².